The van der Waals surface area contributed by atoms with Gasteiger partial charge in [-0.05, 0) is 41.5 Å². The molecule has 7 atom stereocenters. The van der Waals surface area contributed by atoms with Crippen molar-refractivity contribution in [3.8, 4) is 0 Å². The smallest absolute Gasteiger partial charge is 0.353 e. The van der Waals surface area contributed by atoms with Gasteiger partial charge in [0.25, 0.3) is 0 Å². The molecule has 3 saturated heterocycles. The van der Waals surface area contributed by atoms with Gasteiger partial charge in [-0.3, -0.25) is 14.4 Å². The Morgan fingerprint density at radius 2 is 2.12 bits per heavy atom. The third kappa shape index (κ3) is 5.79. The van der Waals surface area contributed by atoms with Crippen LogP contribution < -0.4 is 11.1 Å². The van der Waals surface area contributed by atoms with Gasteiger partial charge in [0.1, 0.15) is 18.6 Å². The highest BCUT2D eigenvalue weighted by Gasteiger charge is 2.60. The molecule has 41 heavy (non-hydrogen) atoms. The van der Waals surface area contributed by atoms with Crippen molar-refractivity contribution in [1.29, 1.82) is 5.41 Å². The summed E-state index contributed by atoms with van der Waals surface area (Å²) in [4.78, 5) is 55.2. The largest absolute Gasteiger partial charge is 0.477 e. The Kier molecular flexibility index (Phi) is 8.57. The van der Waals surface area contributed by atoms with Crippen molar-refractivity contribution >= 4 is 41.0 Å². The number of nitrogens with one attached hydrogen (secondary N) is 2. The number of β-lactam (4-membered cyclic amide) rings is 1. The first-order chi connectivity index (χ1) is 19.6. The number of rotatable bonds is 12. The highest BCUT2D eigenvalue weighted by molar-refractivity contribution is 8.03. The van der Waals surface area contributed by atoms with Gasteiger partial charge in [-0.2, -0.15) is 0 Å². The Morgan fingerprint density at radius 1 is 1.34 bits per heavy atom. The number of aromatic nitrogens is 4. The Labute approximate surface area is 241 Å². The number of tetrazole rings is 1. The number of Topliss-reactive ketones (excluding diaryl/α,β-unsaturated/α-hetero) is 1. The van der Waals surface area contributed by atoms with E-state index in [-0.39, 0.29) is 77.9 Å². The number of carbonyl (C=O) groups is 4. The SMILES string of the molecule is CC(CC(=O)Cn1cnnn1)C1C(=O)N2C(C(=O)O)=C(S[C@@H]3CNC(C(=O)N4CC[C@@H](CC(=N)CN)C4)C3)C(C)[C@H]12. The zero-order chi connectivity index (χ0) is 29.4. The minimum absolute atomic E-state index is 0.0119. The van der Waals surface area contributed by atoms with Crippen molar-refractivity contribution in [1.82, 2.24) is 35.3 Å². The molecule has 1 aromatic heterocycles. The van der Waals surface area contributed by atoms with Crippen molar-refractivity contribution in [3.63, 3.8) is 0 Å². The number of carboxylic acid groups (broad SMARTS) is 1. The molecule has 0 spiro atoms. The van der Waals surface area contributed by atoms with E-state index in [9.17, 15) is 24.3 Å². The Hall–Kier alpha value is -3.17. The van der Waals surface area contributed by atoms with E-state index in [4.69, 9.17) is 11.1 Å². The lowest BCUT2D eigenvalue weighted by molar-refractivity contribution is -0.160. The molecule has 4 aliphatic rings. The Balaban J connectivity index is 1.19. The summed E-state index contributed by atoms with van der Waals surface area (Å²) in [5.74, 6) is -2.10. The van der Waals surface area contributed by atoms with Crippen LogP contribution >= 0.6 is 11.8 Å². The number of carboxylic acids is 1. The Bertz CT molecular complexity index is 1250. The second-order valence-electron chi connectivity index (χ2n) is 11.6. The summed E-state index contributed by atoms with van der Waals surface area (Å²) < 4.78 is 1.34. The number of ketones is 1. The molecular formula is C26H37N9O5S. The first-order valence-electron chi connectivity index (χ1n) is 14.1. The van der Waals surface area contributed by atoms with E-state index in [0.717, 1.165) is 6.42 Å². The van der Waals surface area contributed by atoms with Gasteiger partial charge in [0.2, 0.25) is 11.8 Å². The summed E-state index contributed by atoms with van der Waals surface area (Å²) in [6.07, 6.45) is 3.57. The fourth-order valence-electron chi connectivity index (χ4n) is 6.76. The molecule has 4 unspecified atom stereocenters. The topological polar surface area (TPSA) is 200 Å². The van der Waals surface area contributed by atoms with Gasteiger partial charge in [0, 0.05) is 54.4 Å². The van der Waals surface area contributed by atoms with Gasteiger partial charge < -0.3 is 31.4 Å². The van der Waals surface area contributed by atoms with Gasteiger partial charge in [-0.25, -0.2) is 9.48 Å². The summed E-state index contributed by atoms with van der Waals surface area (Å²) in [6, 6.07) is -0.657. The molecule has 2 amide bonds. The maximum Gasteiger partial charge on any atom is 0.353 e. The summed E-state index contributed by atoms with van der Waals surface area (Å²) in [7, 11) is 0. The molecule has 1 aromatic rings. The van der Waals surface area contributed by atoms with Crippen LogP contribution in [0, 0.1) is 29.1 Å². The van der Waals surface area contributed by atoms with Gasteiger partial charge in [-0.1, -0.05) is 13.8 Å². The standard InChI is InChI=1S/C26H37N9O5S/c1-13(5-17(36)11-34-12-30-31-32-34)20-21-14(2)23(22(26(39)40)35(21)25(20)38)41-18-7-19(29-9-18)24(37)33-4-3-15(10-33)6-16(28)8-27/h12-15,18-21,28-29H,3-11,27H2,1-2H3,(H,39,40)/t13?,14?,15-,18-,19?,20?,21+/m0/s1. The predicted molar refractivity (Wildman–Crippen MR) is 148 cm³/mol. The average Bonchev–Trinajstić information content (AvgIpc) is 3.72. The van der Waals surface area contributed by atoms with Crippen LogP contribution in [-0.2, 0) is 25.7 Å². The normalized spacial score (nSPS) is 30.0. The second-order valence-corrected chi connectivity index (χ2v) is 13.0. The number of thioether (sulfide) groups is 1. The summed E-state index contributed by atoms with van der Waals surface area (Å²) in [5.41, 5.74) is 6.09. The lowest BCUT2D eigenvalue weighted by Gasteiger charge is -2.47. The highest BCUT2D eigenvalue weighted by atomic mass is 32.2. The molecule has 222 valence electrons. The molecule has 5 N–H and O–H groups in total. The van der Waals surface area contributed by atoms with Gasteiger partial charge in [0.15, 0.2) is 5.78 Å². The number of amides is 2. The van der Waals surface area contributed by atoms with Gasteiger partial charge in [0.05, 0.1) is 18.0 Å². The van der Waals surface area contributed by atoms with E-state index in [0.29, 0.717) is 43.1 Å². The van der Waals surface area contributed by atoms with Crippen molar-refractivity contribution in [2.45, 2.75) is 63.4 Å². The van der Waals surface area contributed by atoms with Crippen LogP contribution in [0.25, 0.3) is 0 Å². The van der Waals surface area contributed by atoms with Crippen LogP contribution in [0.1, 0.15) is 39.5 Å². The molecule has 5 rings (SSSR count). The minimum Gasteiger partial charge on any atom is -0.477 e. The fraction of sp³-hybridized carbons (Fsp3) is 0.692. The predicted octanol–water partition coefficient (Wildman–Crippen LogP) is -0.278. The van der Waals surface area contributed by atoms with E-state index < -0.39 is 11.9 Å². The minimum atomic E-state index is -1.14. The number of hydrogen-bond donors (Lipinski definition) is 4. The van der Waals surface area contributed by atoms with Gasteiger partial charge in [-0.15, -0.1) is 16.9 Å². The molecule has 3 fully saturated rings. The van der Waals surface area contributed by atoms with Crippen molar-refractivity contribution in [2.24, 2.45) is 29.4 Å². The fourth-order valence-corrected chi connectivity index (χ4v) is 8.24. The number of nitrogens with two attached hydrogens (primary N) is 1. The van der Waals surface area contributed by atoms with Crippen LogP contribution in [0.2, 0.25) is 0 Å². The summed E-state index contributed by atoms with van der Waals surface area (Å²) >= 11 is 1.45. The number of likely N-dealkylation sites (tertiary alicyclic amines) is 1. The van der Waals surface area contributed by atoms with Crippen LogP contribution in [0.4, 0.5) is 0 Å². The van der Waals surface area contributed by atoms with Gasteiger partial charge >= 0.3 is 5.97 Å². The molecular weight excluding hydrogens is 550 g/mol. The van der Waals surface area contributed by atoms with E-state index in [2.05, 4.69) is 20.8 Å². The van der Waals surface area contributed by atoms with Crippen molar-refractivity contribution < 1.29 is 24.3 Å². The molecule has 5 heterocycles. The number of aliphatic carboxylic acids is 1. The third-order valence-electron chi connectivity index (χ3n) is 8.75. The lowest BCUT2D eigenvalue weighted by Crippen LogP contribution is -2.62. The number of nitrogens with zero attached hydrogens (tertiary/aromatic N) is 6. The highest BCUT2D eigenvalue weighted by Crippen LogP contribution is 2.53. The van der Waals surface area contributed by atoms with Crippen LogP contribution in [0.5, 0.6) is 0 Å². The molecule has 0 radical (unpaired) electrons. The number of hydrogen-bond acceptors (Lipinski definition) is 11. The Morgan fingerprint density at radius 3 is 2.80 bits per heavy atom. The van der Waals surface area contributed by atoms with Crippen LogP contribution in [0.15, 0.2) is 16.9 Å². The number of fused-ring (bicyclic) bond motifs is 1. The van der Waals surface area contributed by atoms with E-state index in [1.54, 1.807) is 0 Å². The zero-order valence-electron chi connectivity index (χ0n) is 23.2. The average molecular weight is 588 g/mol. The maximum atomic E-state index is 13.2. The second kappa shape index (κ2) is 12.0. The molecule has 0 bridgehead atoms. The third-order valence-corrected chi connectivity index (χ3v) is 10.3. The lowest BCUT2D eigenvalue weighted by atomic mass is 9.73. The monoisotopic (exact) mass is 587 g/mol. The summed E-state index contributed by atoms with van der Waals surface area (Å²) in [5, 5.41) is 32.0. The quantitative estimate of drug-likeness (QED) is 0.185. The number of carbonyl (C=O) groups excluding carboxylic acids is 3. The van der Waals surface area contributed by atoms with Crippen molar-refractivity contribution in [2.75, 3.05) is 26.2 Å². The van der Waals surface area contributed by atoms with E-state index in [1.165, 1.54) is 27.7 Å². The zero-order valence-corrected chi connectivity index (χ0v) is 24.0. The maximum absolute atomic E-state index is 13.2. The van der Waals surface area contributed by atoms with Crippen LogP contribution in [-0.4, -0.2) is 108 Å². The molecule has 14 nitrogen and oxygen atoms in total. The first kappa shape index (κ1) is 29.3. The van der Waals surface area contributed by atoms with E-state index in [1.807, 2.05) is 18.7 Å². The first-order valence-corrected chi connectivity index (χ1v) is 14.9. The molecule has 0 aromatic carbocycles. The summed E-state index contributed by atoms with van der Waals surface area (Å²) in [6.45, 7) is 5.91. The van der Waals surface area contributed by atoms with Crippen LogP contribution in [0.3, 0.4) is 0 Å². The van der Waals surface area contributed by atoms with Crippen molar-refractivity contribution in [3.05, 3.63) is 16.9 Å². The van der Waals surface area contributed by atoms with E-state index >= 15 is 0 Å². The molecule has 0 aliphatic carbocycles. The molecule has 4 aliphatic heterocycles. The molecule has 15 heteroatoms. The molecule has 0 saturated carbocycles.